The van der Waals surface area contributed by atoms with E-state index in [0.717, 1.165) is 11.3 Å². The van der Waals surface area contributed by atoms with Crippen molar-refractivity contribution in [3.8, 4) is 11.3 Å². The van der Waals surface area contributed by atoms with Crippen molar-refractivity contribution in [2.24, 2.45) is 0 Å². The van der Waals surface area contributed by atoms with Gasteiger partial charge in [0.2, 0.25) is 10.0 Å². The second kappa shape index (κ2) is 5.18. The number of rotatable bonds is 4. The van der Waals surface area contributed by atoms with Crippen LogP contribution in [0.3, 0.4) is 0 Å². The summed E-state index contributed by atoms with van der Waals surface area (Å²) in [4.78, 5) is 4.24. The van der Waals surface area contributed by atoms with Gasteiger partial charge in [0, 0.05) is 5.56 Å². The van der Waals surface area contributed by atoms with Crippen LogP contribution in [0.2, 0.25) is 0 Å². The van der Waals surface area contributed by atoms with Crippen molar-refractivity contribution in [2.45, 2.75) is 6.92 Å². The Balaban J connectivity index is 2.21. The molecule has 4 nitrogen and oxygen atoms in total. The minimum atomic E-state index is -3.24. The first-order valence-electron chi connectivity index (χ1n) is 5.63. The molecule has 18 heavy (non-hydrogen) atoms. The molecule has 0 bridgehead atoms. The van der Waals surface area contributed by atoms with Gasteiger partial charge in [0.1, 0.15) is 0 Å². The van der Waals surface area contributed by atoms with E-state index in [0.29, 0.717) is 5.69 Å². The predicted molar refractivity (Wildman–Crippen MR) is 72.8 cm³/mol. The number of anilines is 1. The Morgan fingerprint density at radius 2 is 1.83 bits per heavy atom. The van der Waals surface area contributed by atoms with Crippen molar-refractivity contribution in [1.82, 2.24) is 4.98 Å². The maximum absolute atomic E-state index is 11.4. The normalized spacial score (nSPS) is 11.2. The number of nitrogens with one attached hydrogen (secondary N) is 1. The SMILES string of the molecule is CCS(=O)(=O)Nc1ccc(-c2ccccc2)nc1. The molecule has 0 aliphatic heterocycles. The number of benzene rings is 1. The summed E-state index contributed by atoms with van der Waals surface area (Å²) in [6.07, 6.45) is 1.52. The molecule has 1 aromatic carbocycles. The summed E-state index contributed by atoms with van der Waals surface area (Å²) in [6.45, 7) is 1.59. The Labute approximate surface area is 107 Å². The molecule has 0 unspecified atom stereocenters. The van der Waals surface area contributed by atoms with Crippen LogP contribution in [0, 0.1) is 0 Å². The average Bonchev–Trinajstić information content (AvgIpc) is 2.40. The maximum atomic E-state index is 11.4. The van der Waals surface area contributed by atoms with Crippen LogP contribution in [-0.2, 0) is 10.0 Å². The fourth-order valence-corrected chi connectivity index (χ4v) is 2.11. The third-order valence-electron chi connectivity index (χ3n) is 2.49. The lowest BCUT2D eigenvalue weighted by atomic mass is 10.1. The molecule has 0 fully saturated rings. The van der Waals surface area contributed by atoms with E-state index in [9.17, 15) is 8.42 Å². The number of pyridine rings is 1. The molecule has 1 aromatic heterocycles. The van der Waals surface area contributed by atoms with Gasteiger partial charge in [0.15, 0.2) is 0 Å². The Hall–Kier alpha value is -1.88. The first-order valence-corrected chi connectivity index (χ1v) is 7.28. The van der Waals surface area contributed by atoms with Gasteiger partial charge in [-0.15, -0.1) is 0 Å². The monoisotopic (exact) mass is 262 g/mol. The highest BCUT2D eigenvalue weighted by Crippen LogP contribution is 2.18. The van der Waals surface area contributed by atoms with Crippen molar-refractivity contribution in [1.29, 1.82) is 0 Å². The molecule has 0 aliphatic carbocycles. The third kappa shape index (κ3) is 3.07. The van der Waals surface area contributed by atoms with Crippen molar-refractivity contribution in [3.05, 3.63) is 48.7 Å². The lowest BCUT2D eigenvalue weighted by molar-refractivity contribution is 0.602. The molecule has 1 heterocycles. The molecular weight excluding hydrogens is 248 g/mol. The summed E-state index contributed by atoms with van der Waals surface area (Å²) in [6, 6.07) is 13.2. The average molecular weight is 262 g/mol. The molecule has 0 spiro atoms. The largest absolute Gasteiger partial charge is 0.282 e. The fourth-order valence-electron chi connectivity index (χ4n) is 1.49. The van der Waals surface area contributed by atoms with Crippen molar-refractivity contribution in [3.63, 3.8) is 0 Å². The molecule has 5 heteroatoms. The molecule has 0 saturated carbocycles. The van der Waals surface area contributed by atoms with E-state index < -0.39 is 10.0 Å². The van der Waals surface area contributed by atoms with E-state index in [4.69, 9.17) is 0 Å². The van der Waals surface area contributed by atoms with Gasteiger partial charge in [0.05, 0.1) is 23.3 Å². The highest BCUT2D eigenvalue weighted by Gasteiger charge is 2.07. The zero-order valence-electron chi connectivity index (χ0n) is 10.00. The topological polar surface area (TPSA) is 59.1 Å². The molecule has 2 aromatic rings. The summed E-state index contributed by atoms with van der Waals surface area (Å²) in [5.74, 6) is 0.0490. The third-order valence-corrected chi connectivity index (χ3v) is 3.79. The van der Waals surface area contributed by atoms with Crippen LogP contribution in [-0.4, -0.2) is 19.2 Å². The second-order valence-electron chi connectivity index (χ2n) is 3.80. The number of aromatic nitrogens is 1. The minimum absolute atomic E-state index is 0.0490. The minimum Gasteiger partial charge on any atom is -0.282 e. The fraction of sp³-hybridized carbons (Fsp3) is 0.154. The lowest BCUT2D eigenvalue weighted by Gasteiger charge is -2.06. The van der Waals surface area contributed by atoms with E-state index in [-0.39, 0.29) is 5.75 Å². The van der Waals surface area contributed by atoms with Crippen LogP contribution >= 0.6 is 0 Å². The summed E-state index contributed by atoms with van der Waals surface area (Å²) in [5.41, 5.74) is 2.30. The van der Waals surface area contributed by atoms with Crippen molar-refractivity contribution < 1.29 is 8.42 Å². The molecule has 0 amide bonds. The molecule has 2 rings (SSSR count). The Bertz CT molecular complexity index is 607. The number of sulfonamides is 1. The lowest BCUT2D eigenvalue weighted by Crippen LogP contribution is -2.14. The smallest absolute Gasteiger partial charge is 0.232 e. The quantitative estimate of drug-likeness (QED) is 0.921. The van der Waals surface area contributed by atoms with Crippen LogP contribution in [0.1, 0.15) is 6.92 Å². The van der Waals surface area contributed by atoms with Crippen LogP contribution in [0.4, 0.5) is 5.69 Å². The van der Waals surface area contributed by atoms with Gasteiger partial charge >= 0.3 is 0 Å². The summed E-state index contributed by atoms with van der Waals surface area (Å²) in [5, 5.41) is 0. The molecule has 0 saturated heterocycles. The summed E-state index contributed by atoms with van der Waals surface area (Å²) >= 11 is 0. The number of hydrogen-bond donors (Lipinski definition) is 1. The zero-order valence-corrected chi connectivity index (χ0v) is 10.8. The predicted octanol–water partition coefficient (Wildman–Crippen LogP) is 2.51. The van der Waals surface area contributed by atoms with Crippen molar-refractivity contribution >= 4 is 15.7 Å². The molecule has 0 aliphatic rings. The van der Waals surface area contributed by atoms with Crippen LogP contribution in [0.15, 0.2) is 48.7 Å². The highest BCUT2D eigenvalue weighted by atomic mass is 32.2. The Kier molecular flexibility index (Phi) is 3.62. The summed E-state index contributed by atoms with van der Waals surface area (Å²) in [7, 11) is -3.24. The van der Waals surface area contributed by atoms with Gasteiger partial charge < -0.3 is 0 Å². The molecule has 0 radical (unpaired) electrons. The van der Waals surface area contributed by atoms with Gasteiger partial charge in [-0.1, -0.05) is 30.3 Å². The van der Waals surface area contributed by atoms with E-state index in [1.54, 1.807) is 19.1 Å². The molecule has 0 atom stereocenters. The summed E-state index contributed by atoms with van der Waals surface area (Å²) < 4.78 is 25.2. The van der Waals surface area contributed by atoms with E-state index in [1.807, 2.05) is 30.3 Å². The maximum Gasteiger partial charge on any atom is 0.232 e. The van der Waals surface area contributed by atoms with E-state index >= 15 is 0 Å². The standard InChI is InChI=1S/C13H14N2O2S/c1-2-18(16,17)15-12-8-9-13(14-10-12)11-6-4-3-5-7-11/h3-10,15H,2H2,1H3. The van der Waals surface area contributed by atoms with Crippen LogP contribution < -0.4 is 4.72 Å². The van der Waals surface area contributed by atoms with Gasteiger partial charge in [-0.25, -0.2) is 8.42 Å². The van der Waals surface area contributed by atoms with Gasteiger partial charge in [-0.3, -0.25) is 9.71 Å². The Morgan fingerprint density at radius 1 is 1.11 bits per heavy atom. The molecule has 1 N–H and O–H groups in total. The molecule has 94 valence electrons. The molecular formula is C13H14N2O2S. The van der Waals surface area contributed by atoms with Gasteiger partial charge in [0.25, 0.3) is 0 Å². The first-order chi connectivity index (χ1) is 8.61. The highest BCUT2D eigenvalue weighted by molar-refractivity contribution is 7.92. The number of nitrogens with zero attached hydrogens (tertiary/aromatic N) is 1. The Morgan fingerprint density at radius 3 is 2.39 bits per heavy atom. The number of hydrogen-bond acceptors (Lipinski definition) is 3. The van der Waals surface area contributed by atoms with Gasteiger partial charge in [-0.2, -0.15) is 0 Å². The van der Waals surface area contributed by atoms with Crippen molar-refractivity contribution in [2.75, 3.05) is 10.5 Å². The zero-order chi connectivity index (χ0) is 13.0. The second-order valence-corrected chi connectivity index (χ2v) is 5.81. The first kappa shape index (κ1) is 12.6. The van der Waals surface area contributed by atoms with Crippen LogP contribution in [0.5, 0.6) is 0 Å². The van der Waals surface area contributed by atoms with Crippen LogP contribution in [0.25, 0.3) is 11.3 Å². The van der Waals surface area contributed by atoms with E-state index in [2.05, 4.69) is 9.71 Å². The van der Waals surface area contributed by atoms with Gasteiger partial charge in [-0.05, 0) is 19.1 Å². The van der Waals surface area contributed by atoms with E-state index in [1.165, 1.54) is 6.20 Å².